The first-order valence-corrected chi connectivity index (χ1v) is 7.74. The summed E-state index contributed by atoms with van der Waals surface area (Å²) >= 11 is 0. The summed E-state index contributed by atoms with van der Waals surface area (Å²) in [4.78, 5) is 16.8. The first-order valence-electron chi connectivity index (χ1n) is 7.74. The third-order valence-corrected chi connectivity index (χ3v) is 3.88. The molecule has 1 amide bonds. The zero-order chi connectivity index (χ0) is 17.1. The van der Waals surface area contributed by atoms with Crippen LogP contribution >= 0.6 is 0 Å². The molecule has 2 aromatic rings. The highest BCUT2D eigenvalue weighted by Crippen LogP contribution is 2.25. The van der Waals surface area contributed by atoms with Crippen molar-refractivity contribution in [2.24, 2.45) is 0 Å². The van der Waals surface area contributed by atoms with Gasteiger partial charge in [-0.15, -0.1) is 0 Å². The van der Waals surface area contributed by atoms with Crippen LogP contribution in [0.5, 0.6) is 0 Å². The largest absolute Gasteiger partial charge is 0.498 e. The fourth-order valence-electron chi connectivity index (χ4n) is 2.65. The zero-order valence-corrected chi connectivity index (χ0v) is 13.5. The minimum absolute atomic E-state index is 0.209. The molecule has 24 heavy (non-hydrogen) atoms. The number of halogens is 1. The fraction of sp³-hybridized carbons (Fsp3) is 0.353. The van der Waals surface area contributed by atoms with E-state index in [0.29, 0.717) is 30.3 Å². The molecule has 1 N–H and O–H groups in total. The van der Waals surface area contributed by atoms with E-state index < -0.39 is 11.9 Å². The molecule has 0 fully saturated rings. The van der Waals surface area contributed by atoms with Gasteiger partial charge in [-0.3, -0.25) is 4.79 Å². The number of hydrogen-bond donors (Lipinski definition) is 1. The lowest BCUT2D eigenvalue weighted by Crippen LogP contribution is -2.33. The monoisotopic (exact) mass is 331 g/mol. The Balaban J connectivity index is 1.94. The Morgan fingerprint density at radius 1 is 1.33 bits per heavy atom. The van der Waals surface area contributed by atoms with Gasteiger partial charge in [-0.1, -0.05) is 23.4 Å². The Kier molecular flexibility index (Phi) is 4.59. The number of carbonyl (C=O) groups excluding carboxylic acids is 1. The van der Waals surface area contributed by atoms with Gasteiger partial charge in [0.2, 0.25) is 5.89 Å². The number of nitrogens with zero attached hydrogens (tertiary/aromatic N) is 2. The Bertz CT molecular complexity index is 785. The molecule has 1 unspecified atom stereocenters. The van der Waals surface area contributed by atoms with E-state index in [9.17, 15) is 9.18 Å². The number of nitrogens with one attached hydrogen (secondary N) is 1. The number of carbonyl (C=O) groups is 1. The van der Waals surface area contributed by atoms with Crippen LogP contribution in [0.4, 0.5) is 4.39 Å². The third-order valence-electron chi connectivity index (χ3n) is 3.88. The van der Waals surface area contributed by atoms with Crippen molar-refractivity contribution >= 4 is 5.91 Å². The Morgan fingerprint density at radius 2 is 2.12 bits per heavy atom. The van der Waals surface area contributed by atoms with Gasteiger partial charge in [0.15, 0.2) is 5.82 Å². The molecule has 0 bridgehead atoms. The van der Waals surface area contributed by atoms with Gasteiger partial charge in [0.25, 0.3) is 5.91 Å². The fourth-order valence-corrected chi connectivity index (χ4v) is 2.65. The smallest absolute Gasteiger partial charge is 0.251 e. The van der Waals surface area contributed by atoms with Crippen LogP contribution in [0, 0.1) is 12.7 Å². The number of hydrogen-bond acceptors (Lipinski definition) is 5. The molecule has 1 aromatic carbocycles. The second-order valence-electron chi connectivity index (χ2n) is 5.59. The first kappa shape index (κ1) is 16.2. The van der Waals surface area contributed by atoms with Crippen molar-refractivity contribution in [1.82, 2.24) is 15.5 Å². The van der Waals surface area contributed by atoms with E-state index in [1.54, 1.807) is 32.0 Å². The van der Waals surface area contributed by atoms with E-state index in [0.717, 1.165) is 6.42 Å². The van der Waals surface area contributed by atoms with Crippen molar-refractivity contribution < 1.29 is 18.4 Å². The van der Waals surface area contributed by atoms with Crippen molar-refractivity contribution in [1.29, 1.82) is 0 Å². The van der Waals surface area contributed by atoms with Gasteiger partial charge in [0.05, 0.1) is 12.2 Å². The number of aromatic nitrogens is 2. The highest BCUT2D eigenvalue weighted by atomic mass is 19.1. The number of benzene rings is 1. The molecular weight excluding hydrogens is 313 g/mol. The average Bonchev–Trinajstić information content (AvgIpc) is 3.00. The number of aryl methyl sites for hydroxylation is 1. The maximum absolute atomic E-state index is 14.2. The summed E-state index contributed by atoms with van der Waals surface area (Å²) in [6.07, 6.45) is 1.39. The molecule has 3 rings (SSSR count). The molecule has 6 nitrogen and oxygen atoms in total. The molecule has 1 atom stereocenters. The Hall–Kier alpha value is -2.70. The number of amides is 1. The van der Waals surface area contributed by atoms with E-state index in [2.05, 4.69) is 15.5 Å². The van der Waals surface area contributed by atoms with Crippen LogP contribution in [0.2, 0.25) is 0 Å². The van der Waals surface area contributed by atoms with Gasteiger partial charge in [-0.25, -0.2) is 4.39 Å². The second-order valence-corrected chi connectivity index (χ2v) is 5.59. The molecule has 0 saturated carbocycles. The normalized spacial score (nSPS) is 15.8. The van der Waals surface area contributed by atoms with Crippen molar-refractivity contribution in [3.8, 4) is 0 Å². The van der Waals surface area contributed by atoms with Crippen LogP contribution in [0.1, 0.15) is 43.1 Å². The molecule has 0 radical (unpaired) electrons. The SMILES string of the molecule is CC1=C(C(=O)NC(c2noc(C)n2)c2ccccc2F)CCCO1. The summed E-state index contributed by atoms with van der Waals surface area (Å²) in [5.74, 6) is 0.381. The summed E-state index contributed by atoms with van der Waals surface area (Å²) in [6.45, 7) is 3.99. The highest BCUT2D eigenvalue weighted by Gasteiger charge is 2.27. The van der Waals surface area contributed by atoms with E-state index in [1.165, 1.54) is 6.07 Å². The highest BCUT2D eigenvalue weighted by molar-refractivity contribution is 5.94. The summed E-state index contributed by atoms with van der Waals surface area (Å²) in [6, 6.07) is 5.36. The molecule has 0 saturated heterocycles. The standard InChI is InChI=1S/C17H18FN3O3/c1-10-12(7-5-9-23-10)17(22)20-15(16-19-11(2)24-21-16)13-6-3-4-8-14(13)18/h3-4,6,8,15H,5,7,9H2,1-2H3,(H,20,22). The molecule has 1 aliphatic rings. The lowest BCUT2D eigenvalue weighted by atomic mass is 10.0. The Labute approximate surface area is 138 Å². The van der Waals surface area contributed by atoms with Crippen molar-refractivity contribution in [2.45, 2.75) is 32.7 Å². The summed E-state index contributed by atoms with van der Waals surface area (Å²) in [5, 5.41) is 6.64. The number of ether oxygens (including phenoxy) is 1. The summed E-state index contributed by atoms with van der Waals surface area (Å²) < 4.78 is 24.6. The van der Waals surface area contributed by atoms with Crippen LogP contribution in [0.15, 0.2) is 40.1 Å². The Morgan fingerprint density at radius 3 is 2.79 bits per heavy atom. The van der Waals surface area contributed by atoms with Crippen LogP contribution < -0.4 is 5.32 Å². The first-order chi connectivity index (χ1) is 11.6. The maximum atomic E-state index is 14.2. The van der Waals surface area contributed by atoms with Crippen LogP contribution in [0.25, 0.3) is 0 Å². The van der Waals surface area contributed by atoms with Crippen molar-refractivity contribution in [3.05, 3.63) is 58.7 Å². The van der Waals surface area contributed by atoms with Crippen molar-refractivity contribution in [3.63, 3.8) is 0 Å². The molecule has 1 aromatic heterocycles. The van der Waals surface area contributed by atoms with Gasteiger partial charge in [-0.2, -0.15) is 4.98 Å². The molecule has 0 aliphatic carbocycles. The average molecular weight is 331 g/mol. The van der Waals surface area contributed by atoms with Crippen LogP contribution in [0.3, 0.4) is 0 Å². The van der Waals surface area contributed by atoms with E-state index in [4.69, 9.17) is 9.26 Å². The lowest BCUT2D eigenvalue weighted by molar-refractivity contribution is -0.118. The van der Waals surface area contributed by atoms with E-state index >= 15 is 0 Å². The van der Waals surface area contributed by atoms with Crippen molar-refractivity contribution in [2.75, 3.05) is 6.61 Å². The van der Waals surface area contributed by atoms with Gasteiger partial charge in [0.1, 0.15) is 17.6 Å². The van der Waals surface area contributed by atoms with Gasteiger partial charge in [-0.05, 0) is 25.8 Å². The molecule has 7 heteroatoms. The zero-order valence-electron chi connectivity index (χ0n) is 13.5. The van der Waals surface area contributed by atoms with E-state index in [-0.39, 0.29) is 17.3 Å². The summed E-state index contributed by atoms with van der Waals surface area (Å²) in [7, 11) is 0. The lowest BCUT2D eigenvalue weighted by Gasteiger charge is -2.21. The molecular formula is C17H18FN3O3. The predicted molar refractivity (Wildman–Crippen MR) is 83.3 cm³/mol. The van der Waals surface area contributed by atoms with Gasteiger partial charge >= 0.3 is 0 Å². The predicted octanol–water partition coefficient (Wildman–Crippen LogP) is 2.81. The molecule has 1 aliphatic heterocycles. The summed E-state index contributed by atoms with van der Waals surface area (Å²) in [5.41, 5.74) is 0.837. The number of allylic oxidation sites excluding steroid dienone is 1. The minimum Gasteiger partial charge on any atom is -0.498 e. The van der Waals surface area contributed by atoms with Gasteiger partial charge < -0.3 is 14.6 Å². The quantitative estimate of drug-likeness (QED) is 0.932. The second kappa shape index (κ2) is 6.82. The molecule has 2 heterocycles. The minimum atomic E-state index is -0.835. The number of rotatable bonds is 4. The van der Waals surface area contributed by atoms with Gasteiger partial charge in [0, 0.05) is 12.5 Å². The maximum Gasteiger partial charge on any atom is 0.251 e. The molecule has 126 valence electrons. The molecule has 0 spiro atoms. The van der Waals surface area contributed by atoms with Crippen LogP contribution in [-0.4, -0.2) is 22.7 Å². The third kappa shape index (κ3) is 3.29. The van der Waals surface area contributed by atoms with E-state index in [1.807, 2.05) is 0 Å². The topological polar surface area (TPSA) is 77.3 Å². The van der Waals surface area contributed by atoms with Crippen LogP contribution in [-0.2, 0) is 9.53 Å².